The highest BCUT2D eigenvalue weighted by Gasteiger charge is 2.02. The van der Waals surface area contributed by atoms with Crippen LogP contribution in [0.3, 0.4) is 0 Å². The molecule has 22 heavy (non-hydrogen) atoms. The van der Waals surface area contributed by atoms with E-state index in [1.165, 1.54) is 12.1 Å². The summed E-state index contributed by atoms with van der Waals surface area (Å²) in [5.41, 5.74) is 0.965. The van der Waals surface area contributed by atoms with Crippen molar-refractivity contribution in [1.82, 2.24) is 5.32 Å². The third-order valence-electron chi connectivity index (χ3n) is 3.06. The number of carbonyl (C=O) groups excluding carboxylic acids is 1. The summed E-state index contributed by atoms with van der Waals surface area (Å²) in [6.45, 7) is 0.621. The number of hydrogen-bond acceptors (Lipinski definition) is 2. The number of benzene rings is 2. The Kier molecular flexibility index (Phi) is 6.74. The quantitative estimate of drug-likeness (QED) is 0.602. The molecule has 2 aromatic carbocycles. The molecule has 5 heteroatoms. The van der Waals surface area contributed by atoms with E-state index in [4.69, 9.17) is 11.6 Å². The molecule has 0 atom stereocenters. The Labute approximate surface area is 139 Å². The second-order valence-electron chi connectivity index (χ2n) is 4.78. The van der Waals surface area contributed by atoms with Crippen molar-refractivity contribution < 1.29 is 9.18 Å². The minimum absolute atomic E-state index is 0.0148. The summed E-state index contributed by atoms with van der Waals surface area (Å²) in [6.07, 6.45) is 1.04. The van der Waals surface area contributed by atoms with Gasteiger partial charge in [-0.05, 0) is 48.4 Å². The fourth-order valence-electron chi connectivity index (χ4n) is 1.89. The van der Waals surface area contributed by atoms with Crippen LogP contribution in [0.1, 0.15) is 12.0 Å². The zero-order chi connectivity index (χ0) is 15.8. The highest BCUT2D eigenvalue weighted by atomic mass is 35.5. The maximum Gasteiger partial charge on any atom is 0.220 e. The van der Waals surface area contributed by atoms with Gasteiger partial charge in [0.2, 0.25) is 5.91 Å². The predicted molar refractivity (Wildman–Crippen MR) is 89.9 cm³/mol. The van der Waals surface area contributed by atoms with Gasteiger partial charge in [-0.2, -0.15) is 0 Å². The number of thioether (sulfide) groups is 1. The Morgan fingerprint density at radius 3 is 2.45 bits per heavy atom. The third-order valence-corrected chi connectivity index (χ3v) is 4.33. The van der Waals surface area contributed by atoms with Gasteiger partial charge in [0.25, 0.3) is 0 Å². The van der Waals surface area contributed by atoms with Gasteiger partial charge >= 0.3 is 0 Å². The van der Waals surface area contributed by atoms with Gasteiger partial charge in [0.1, 0.15) is 5.82 Å². The van der Waals surface area contributed by atoms with Gasteiger partial charge in [-0.25, -0.2) is 4.39 Å². The van der Waals surface area contributed by atoms with Crippen LogP contribution >= 0.6 is 23.4 Å². The lowest BCUT2D eigenvalue weighted by molar-refractivity contribution is -0.120. The molecule has 116 valence electrons. The van der Waals surface area contributed by atoms with E-state index in [9.17, 15) is 9.18 Å². The molecule has 0 saturated heterocycles. The molecule has 0 spiro atoms. The summed E-state index contributed by atoms with van der Waals surface area (Å²) in [7, 11) is 0. The molecule has 2 nitrogen and oxygen atoms in total. The Morgan fingerprint density at radius 1 is 1.09 bits per heavy atom. The fraction of sp³-hybridized carbons (Fsp3) is 0.235. The molecule has 0 radical (unpaired) electrons. The summed E-state index contributed by atoms with van der Waals surface area (Å²) in [6, 6.07) is 13.9. The van der Waals surface area contributed by atoms with E-state index in [1.54, 1.807) is 23.9 Å². The van der Waals surface area contributed by atoms with E-state index in [0.717, 1.165) is 21.2 Å². The molecular formula is C17H17ClFNOS. The van der Waals surface area contributed by atoms with Crippen molar-refractivity contribution in [2.24, 2.45) is 0 Å². The molecule has 2 rings (SSSR count). The first-order valence-electron chi connectivity index (χ1n) is 7.03. The zero-order valence-corrected chi connectivity index (χ0v) is 13.6. The van der Waals surface area contributed by atoms with Crippen LogP contribution in [0.25, 0.3) is 0 Å². The van der Waals surface area contributed by atoms with Gasteiger partial charge in [0, 0.05) is 28.6 Å². The topological polar surface area (TPSA) is 29.1 Å². The highest BCUT2D eigenvalue weighted by molar-refractivity contribution is 7.99. The van der Waals surface area contributed by atoms with Gasteiger partial charge in [-0.3, -0.25) is 4.79 Å². The molecular weight excluding hydrogens is 321 g/mol. The number of carbonyl (C=O) groups is 1. The predicted octanol–water partition coefficient (Wildman–Crippen LogP) is 4.32. The lowest BCUT2D eigenvalue weighted by atomic mass is 10.1. The first kappa shape index (κ1) is 16.8. The van der Waals surface area contributed by atoms with Crippen molar-refractivity contribution in [1.29, 1.82) is 0 Å². The number of nitrogens with one attached hydrogen (secondary N) is 1. The summed E-state index contributed by atoms with van der Waals surface area (Å²) in [5.74, 6) is 0.567. The number of rotatable bonds is 7. The summed E-state index contributed by atoms with van der Waals surface area (Å²) < 4.78 is 12.8. The van der Waals surface area contributed by atoms with E-state index < -0.39 is 0 Å². The van der Waals surface area contributed by atoms with Crippen molar-refractivity contribution in [2.75, 3.05) is 12.3 Å². The number of aryl methyl sites for hydroxylation is 1. The maximum absolute atomic E-state index is 12.8. The van der Waals surface area contributed by atoms with Crippen LogP contribution in [-0.2, 0) is 11.2 Å². The largest absolute Gasteiger partial charge is 0.355 e. The molecule has 0 aliphatic carbocycles. The fourth-order valence-corrected chi connectivity index (χ4v) is 2.78. The first-order chi connectivity index (χ1) is 10.6. The SMILES string of the molecule is O=C(CCc1ccc(F)cc1)NCCSc1ccc(Cl)cc1. The highest BCUT2D eigenvalue weighted by Crippen LogP contribution is 2.19. The molecule has 0 heterocycles. The van der Waals surface area contributed by atoms with Gasteiger partial charge in [-0.1, -0.05) is 23.7 Å². The Hall–Kier alpha value is -1.52. The van der Waals surface area contributed by atoms with Crippen molar-refractivity contribution >= 4 is 29.3 Å². The maximum atomic E-state index is 12.8. The van der Waals surface area contributed by atoms with E-state index >= 15 is 0 Å². The lowest BCUT2D eigenvalue weighted by Gasteiger charge is -2.06. The number of halogens is 2. The van der Waals surface area contributed by atoms with Crippen LogP contribution in [0.15, 0.2) is 53.4 Å². The first-order valence-corrected chi connectivity index (χ1v) is 8.39. The molecule has 0 unspecified atom stereocenters. The zero-order valence-electron chi connectivity index (χ0n) is 12.0. The van der Waals surface area contributed by atoms with Crippen LogP contribution in [-0.4, -0.2) is 18.2 Å². The van der Waals surface area contributed by atoms with Crippen LogP contribution in [0.2, 0.25) is 5.02 Å². The number of amides is 1. The molecule has 0 aliphatic rings. The minimum Gasteiger partial charge on any atom is -0.355 e. The van der Waals surface area contributed by atoms with E-state index in [1.807, 2.05) is 24.3 Å². The second-order valence-corrected chi connectivity index (χ2v) is 6.38. The molecule has 2 aromatic rings. The van der Waals surface area contributed by atoms with Crippen molar-refractivity contribution in [3.8, 4) is 0 Å². The van der Waals surface area contributed by atoms with Crippen LogP contribution in [0.4, 0.5) is 4.39 Å². The van der Waals surface area contributed by atoms with E-state index in [0.29, 0.717) is 19.4 Å². The number of hydrogen-bond donors (Lipinski definition) is 1. The summed E-state index contributed by atoms with van der Waals surface area (Å²) in [5, 5.41) is 3.61. The normalized spacial score (nSPS) is 10.5. The van der Waals surface area contributed by atoms with Crippen molar-refractivity contribution in [3.63, 3.8) is 0 Å². The van der Waals surface area contributed by atoms with E-state index in [2.05, 4.69) is 5.32 Å². The van der Waals surface area contributed by atoms with Crippen molar-refractivity contribution in [2.45, 2.75) is 17.7 Å². The Bertz CT molecular complexity index is 601. The summed E-state index contributed by atoms with van der Waals surface area (Å²) >= 11 is 7.49. The molecule has 0 aromatic heterocycles. The van der Waals surface area contributed by atoms with Crippen LogP contribution in [0.5, 0.6) is 0 Å². The van der Waals surface area contributed by atoms with Gasteiger partial charge in [0.15, 0.2) is 0 Å². The van der Waals surface area contributed by atoms with Crippen LogP contribution < -0.4 is 5.32 Å². The summed E-state index contributed by atoms with van der Waals surface area (Å²) in [4.78, 5) is 12.9. The molecule has 0 aliphatic heterocycles. The van der Waals surface area contributed by atoms with E-state index in [-0.39, 0.29) is 11.7 Å². The van der Waals surface area contributed by atoms with Crippen LogP contribution in [0, 0.1) is 5.82 Å². The van der Waals surface area contributed by atoms with Crippen molar-refractivity contribution in [3.05, 3.63) is 64.9 Å². The molecule has 0 saturated carbocycles. The Balaban J connectivity index is 1.61. The van der Waals surface area contributed by atoms with Gasteiger partial charge in [0.05, 0.1) is 0 Å². The second kappa shape index (κ2) is 8.81. The van der Waals surface area contributed by atoms with Gasteiger partial charge in [-0.15, -0.1) is 11.8 Å². The molecule has 0 bridgehead atoms. The molecule has 1 amide bonds. The lowest BCUT2D eigenvalue weighted by Crippen LogP contribution is -2.25. The molecule has 1 N–H and O–H groups in total. The molecule has 0 fully saturated rings. The monoisotopic (exact) mass is 337 g/mol. The minimum atomic E-state index is -0.257. The average Bonchev–Trinajstić information content (AvgIpc) is 2.53. The standard InChI is InChI=1S/C17H17ClFNOS/c18-14-4-8-16(9-5-14)22-12-11-20-17(21)10-3-13-1-6-15(19)7-2-13/h1-2,4-9H,3,10-12H2,(H,20,21). The smallest absolute Gasteiger partial charge is 0.220 e. The average molecular weight is 338 g/mol. The Morgan fingerprint density at radius 2 is 1.77 bits per heavy atom. The third kappa shape index (κ3) is 6.08. The van der Waals surface area contributed by atoms with Gasteiger partial charge < -0.3 is 5.32 Å².